The Morgan fingerprint density at radius 2 is 2.43 bits per heavy atom. The van der Waals surface area contributed by atoms with Crippen LogP contribution in [0.1, 0.15) is 10.5 Å². The largest absolute Gasteiger partial charge is 0.409 e. The average Bonchev–Trinajstić information content (AvgIpc) is 2.26. The molecule has 0 aliphatic heterocycles. The minimum absolute atomic E-state index is 0.0358. The number of nitrogens with zero attached hydrogens (tertiary/aromatic N) is 3. The van der Waals surface area contributed by atoms with Crippen molar-refractivity contribution in [2.45, 2.75) is 0 Å². The van der Waals surface area contributed by atoms with Gasteiger partial charge in [-0.2, -0.15) is 0 Å². The Balaban J connectivity index is 2.52. The zero-order valence-corrected chi connectivity index (χ0v) is 7.21. The van der Waals surface area contributed by atoms with Crippen LogP contribution >= 0.6 is 0 Å². The van der Waals surface area contributed by atoms with Gasteiger partial charge in [0, 0.05) is 12.4 Å². The molecule has 0 spiro atoms. The van der Waals surface area contributed by atoms with Gasteiger partial charge in [-0.15, -0.1) is 0 Å². The molecule has 1 aromatic heterocycles. The van der Waals surface area contributed by atoms with Crippen LogP contribution in [0.3, 0.4) is 0 Å². The quantitative estimate of drug-likeness (QED) is 0.246. The van der Waals surface area contributed by atoms with Crippen molar-refractivity contribution in [3.8, 4) is 0 Å². The number of rotatable bonds is 3. The number of amidine groups is 1. The number of hydrogen-bond acceptors (Lipinski definition) is 5. The van der Waals surface area contributed by atoms with Crippen LogP contribution < -0.4 is 11.1 Å². The summed E-state index contributed by atoms with van der Waals surface area (Å²) in [6, 6.07) is 0. The van der Waals surface area contributed by atoms with E-state index in [0.717, 1.165) is 0 Å². The molecule has 0 saturated heterocycles. The summed E-state index contributed by atoms with van der Waals surface area (Å²) in [6.45, 7) is -0.0358. The summed E-state index contributed by atoms with van der Waals surface area (Å²) in [6.07, 6.45) is 4.18. The van der Waals surface area contributed by atoms with E-state index in [4.69, 9.17) is 10.9 Å². The summed E-state index contributed by atoms with van der Waals surface area (Å²) in [5.41, 5.74) is 5.33. The Labute approximate surface area is 79.7 Å². The molecule has 0 atom stereocenters. The minimum atomic E-state index is -0.426. The molecule has 0 saturated carbocycles. The van der Waals surface area contributed by atoms with Gasteiger partial charge in [0.2, 0.25) is 0 Å². The van der Waals surface area contributed by atoms with Gasteiger partial charge in [-0.1, -0.05) is 5.16 Å². The van der Waals surface area contributed by atoms with Gasteiger partial charge in [0.15, 0.2) is 5.84 Å². The molecule has 1 heterocycles. The lowest BCUT2D eigenvalue weighted by molar-refractivity contribution is 0.0953. The Morgan fingerprint density at radius 3 is 3.00 bits per heavy atom. The number of nitrogens with one attached hydrogen (secondary N) is 1. The minimum Gasteiger partial charge on any atom is -0.409 e. The Kier molecular flexibility index (Phi) is 3.36. The summed E-state index contributed by atoms with van der Waals surface area (Å²) >= 11 is 0. The van der Waals surface area contributed by atoms with Crippen molar-refractivity contribution in [1.82, 2.24) is 15.3 Å². The summed E-state index contributed by atoms with van der Waals surface area (Å²) in [7, 11) is 0. The molecule has 0 aliphatic carbocycles. The third-order valence-electron chi connectivity index (χ3n) is 1.35. The molecule has 1 amide bonds. The molecule has 4 N–H and O–H groups in total. The highest BCUT2D eigenvalue weighted by Gasteiger charge is 2.06. The number of amides is 1. The molecule has 0 radical (unpaired) electrons. The van der Waals surface area contributed by atoms with Gasteiger partial charge in [-0.25, -0.2) is 4.98 Å². The van der Waals surface area contributed by atoms with E-state index in [1.54, 1.807) is 0 Å². The van der Waals surface area contributed by atoms with Gasteiger partial charge < -0.3 is 16.3 Å². The van der Waals surface area contributed by atoms with Crippen molar-refractivity contribution in [2.24, 2.45) is 10.9 Å². The monoisotopic (exact) mass is 195 g/mol. The number of oxime groups is 1. The van der Waals surface area contributed by atoms with Crippen LogP contribution in [0.5, 0.6) is 0 Å². The zero-order chi connectivity index (χ0) is 10.4. The van der Waals surface area contributed by atoms with E-state index in [1.807, 2.05) is 0 Å². The van der Waals surface area contributed by atoms with Crippen LogP contribution in [0.15, 0.2) is 23.7 Å². The van der Waals surface area contributed by atoms with Gasteiger partial charge in [-0.05, 0) is 0 Å². The molecule has 0 aromatic carbocycles. The van der Waals surface area contributed by atoms with E-state index in [-0.39, 0.29) is 18.1 Å². The maximum Gasteiger partial charge on any atom is 0.271 e. The first-order chi connectivity index (χ1) is 6.74. The number of nitrogens with two attached hydrogens (primary N) is 1. The second-order valence-electron chi connectivity index (χ2n) is 2.36. The smallest absolute Gasteiger partial charge is 0.271 e. The molecular weight excluding hydrogens is 186 g/mol. The summed E-state index contributed by atoms with van der Waals surface area (Å²) < 4.78 is 0. The van der Waals surface area contributed by atoms with Crippen LogP contribution in [0.4, 0.5) is 0 Å². The van der Waals surface area contributed by atoms with E-state index < -0.39 is 5.91 Å². The van der Waals surface area contributed by atoms with E-state index in [9.17, 15) is 4.79 Å². The predicted octanol–water partition coefficient (Wildman–Crippen LogP) is -1.05. The number of aromatic nitrogens is 2. The van der Waals surface area contributed by atoms with E-state index in [1.165, 1.54) is 18.6 Å². The standard InChI is InChI=1S/C7H9N5O2/c8-6(12-14)4-11-7(13)5-3-9-1-2-10-5/h1-3,14H,4H2,(H2,8,12)(H,11,13). The third-order valence-corrected chi connectivity index (χ3v) is 1.35. The molecule has 1 aromatic rings. The fourth-order valence-corrected chi connectivity index (χ4v) is 0.713. The summed E-state index contributed by atoms with van der Waals surface area (Å²) in [5, 5.41) is 13.3. The highest BCUT2D eigenvalue weighted by molar-refractivity contribution is 5.95. The molecule has 7 heteroatoms. The fraction of sp³-hybridized carbons (Fsp3) is 0.143. The predicted molar refractivity (Wildman–Crippen MR) is 47.8 cm³/mol. The first-order valence-corrected chi connectivity index (χ1v) is 3.74. The van der Waals surface area contributed by atoms with Crippen molar-refractivity contribution in [2.75, 3.05) is 6.54 Å². The van der Waals surface area contributed by atoms with Crippen LogP contribution in [-0.2, 0) is 0 Å². The molecule has 74 valence electrons. The van der Waals surface area contributed by atoms with Crippen molar-refractivity contribution in [3.05, 3.63) is 24.3 Å². The lowest BCUT2D eigenvalue weighted by Gasteiger charge is -2.01. The normalized spacial score (nSPS) is 11.0. The van der Waals surface area contributed by atoms with Gasteiger partial charge in [0.25, 0.3) is 5.91 Å². The van der Waals surface area contributed by atoms with Gasteiger partial charge in [0.05, 0.1) is 12.7 Å². The van der Waals surface area contributed by atoms with Crippen LogP contribution in [0.2, 0.25) is 0 Å². The average molecular weight is 195 g/mol. The maximum absolute atomic E-state index is 11.3. The molecule has 0 fully saturated rings. The van der Waals surface area contributed by atoms with E-state index in [0.29, 0.717) is 0 Å². The molecule has 1 rings (SSSR count). The fourth-order valence-electron chi connectivity index (χ4n) is 0.713. The van der Waals surface area contributed by atoms with Crippen LogP contribution in [-0.4, -0.2) is 33.5 Å². The van der Waals surface area contributed by atoms with E-state index >= 15 is 0 Å². The lowest BCUT2D eigenvalue weighted by atomic mass is 10.4. The van der Waals surface area contributed by atoms with Crippen LogP contribution in [0, 0.1) is 0 Å². The third kappa shape index (κ3) is 2.70. The number of carbonyl (C=O) groups is 1. The molecule has 14 heavy (non-hydrogen) atoms. The Bertz CT molecular complexity index is 337. The molecule has 7 nitrogen and oxygen atoms in total. The lowest BCUT2D eigenvalue weighted by Crippen LogP contribution is -2.34. The SMILES string of the molecule is NC(CNC(=O)c1cnccn1)=NO. The van der Waals surface area contributed by atoms with Crippen LogP contribution in [0.25, 0.3) is 0 Å². The first-order valence-electron chi connectivity index (χ1n) is 3.74. The Morgan fingerprint density at radius 1 is 1.64 bits per heavy atom. The van der Waals surface area contributed by atoms with Crippen molar-refractivity contribution in [3.63, 3.8) is 0 Å². The Hall–Kier alpha value is -2.18. The first kappa shape index (κ1) is 9.90. The second-order valence-corrected chi connectivity index (χ2v) is 2.36. The highest BCUT2D eigenvalue weighted by Crippen LogP contribution is 1.88. The maximum atomic E-state index is 11.3. The second kappa shape index (κ2) is 4.75. The summed E-state index contributed by atoms with van der Waals surface area (Å²) in [4.78, 5) is 18.7. The van der Waals surface area contributed by atoms with Gasteiger partial charge >= 0.3 is 0 Å². The topological polar surface area (TPSA) is 113 Å². The molecule has 0 unspecified atom stereocenters. The molecular formula is C7H9N5O2. The van der Waals surface area contributed by atoms with Crippen molar-refractivity contribution >= 4 is 11.7 Å². The van der Waals surface area contributed by atoms with Gasteiger partial charge in [0.1, 0.15) is 5.69 Å². The molecule has 0 bridgehead atoms. The van der Waals surface area contributed by atoms with Crippen molar-refractivity contribution < 1.29 is 10.0 Å². The van der Waals surface area contributed by atoms with Gasteiger partial charge in [-0.3, -0.25) is 9.78 Å². The molecule has 0 aliphatic rings. The summed E-state index contributed by atoms with van der Waals surface area (Å²) in [5.74, 6) is -0.507. The highest BCUT2D eigenvalue weighted by atomic mass is 16.4. The van der Waals surface area contributed by atoms with Crippen molar-refractivity contribution in [1.29, 1.82) is 0 Å². The van der Waals surface area contributed by atoms with E-state index in [2.05, 4.69) is 20.4 Å². The number of carbonyl (C=O) groups excluding carboxylic acids is 1. The number of hydrogen-bond donors (Lipinski definition) is 3. The zero-order valence-electron chi connectivity index (χ0n) is 7.21.